The third kappa shape index (κ3) is 5.30. The molecular weight excluding hydrogens is 347 g/mol. The summed E-state index contributed by atoms with van der Waals surface area (Å²) in [5, 5.41) is 5.07. The number of carbonyl (C=O) groups excluding carboxylic acids is 2. The van der Waals surface area contributed by atoms with Gasteiger partial charge in [0.1, 0.15) is 5.69 Å². The predicted octanol–water partition coefficient (Wildman–Crippen LogP) is 3.74. The Balaban J connectivity index is 2.13. The van der Waals surface area contributed by atoms with Crippen LogP contribution in [0.4, 0.5) is 18.9 Å². The van der Waals surface area contributed by atoms with Crippen molar-refractivity contribution in [1.29, 1.82) is 0 Å². The van der Waals surface area contributed by atoms with Crippen LogP contribution in [0.2, 0.25) is 0 Å². The number of carbonyl (C=O) groups is 2. The average Bonchev–Trinajstić information content (AvgIpc) is 2.59. The Morgan fingerprint density at radius 1 is 1.12 bits per heavy atom. The second kappa shape index (κ2) is 7.99. The number of hydrogen-bond acceptors (Lipinski definition) is 3. The molecule has 0 radical (unpaired) electrons. The maximum Gasteiger partial charge on any atom is 0.416 e. The van der Waals surface area contributed by atoms with Crippen LogP contribution in [-0.2, 0) is 6.18 Å². The Hall–Kier alpha value is -2.90. The molecule has 0 saturated carbocycles. The van der Waals surface area contributed by atoms with Crippen LogP contribution in [0.25, 0.3) is 0 Å². The van der Waals surface area contributed by atoms with E-state index < -0.39 is 23.6 Å². The van der Waals surface area contributed by atoms with Crippen LogP contribution in [0, 0.1) is 5.92 Å². The van der Waals surface area contributed by atoms with E-state index >= 15 is 0 Å². The second-order valence-electron chi connectivity index (χ2n) is 6.07. The van der Waals surface area contributed by atoms with Crippen LogP contribution in [0.15, 0.2) is 42.6 Å². The second-order valence-corrected chi connectivity index (χ2v) is 6.07. The van der Waals surface area contributed by atoms with Crippen molar-refractivity contribution in [3.8, 4) is 0 Å². The Bertz CT molecular complexity index is 804. The van der Waals surface area contributed by atoms with Gasteiger partial charge in [-0.15, -0.1) is 0 Å². The molecule has 2 aromatic rings. The van der Waals surface area contributed by atoms with Gasteiger partial charge in [0.2, 0.25) is 0 Å². The van der Waals surface area contributed by atoms with Crippen LogP contribution < -0.4 is 10.6 Å². The van der Waals surface area contributed by atoms with E-state index in [1.807, 2.05) is 13.8 Å². The van der Waals surface area contributed by atoms with Crippen molar-refractivity contribution in [2.24, 2.45) is 5.92 Å². The number of nitrogens with zero attached hydrogens (tertiary/aromatic N) is 1. The summed E-state index contributed by atoms with van der Waals surface area (Å²) in [7, 11) is 0. The highest BCUT2D eigenvalue weighted by Gasteiger charge is 2.30. The number of halogens is 3. The summed E-state index contributed by atoms with van der Waals surface area (Å²) in [6, 6.07) is 6.98. The van der Waals surface area contributed by atoms with Crippen molar-refractivity contribution in [3.05, 3.63) is 59.4 Å². The van der Waals surface area contributed by atoms with Gasteiger partial charge in [0, 0.05) is 24.0 Å². The lowest BCUT2D eigenvalue weighted by Gasteiger charge is -2.10. The van der Waals surface area contributed by atoms with Crippen molar-refractivity contribution in [2.75, 3.05) is 11.9 Å². The topological polar surface area (TPSA) is 71.1 Å². The van der Waals surface area contributed by atoms with Gasteiger partial charge < -0.3 is 10.6 Å². The molecule has 0 aliphatic carbocycles. The fourth-order valence-electron chi connectivity index (χ4n) is 2.06. The molecule has 0 unspecified atom stereocenters. The lowest BCUT2D eigenvalue weighted by molar-refractivity contribution is -0.137. The molecule has 2 N–H and O–H groups in total. The predicted molar refractivity (Wildman–Crippen MR) is 90.8 cm³/mol. The van der Waals surface area contributed by atoms with Gasteiger partial charge in [-0.1, -0.05) is 19.9 Å². The summed E-state index contributed by atoms with van der Waals surface area (Å²) in [5.41, 5.74) is -0.680. The lowest BCUT2D eigenvalue weighted by atomic mass is 10.1. The number of pyridine rings is 1. The molecule has 0 atom stereocenters. The summed E-state index contributed by atoms with van der Waals surface area (Å²) in [6.07, 6.45) is -3.20. The van der Waals surface area contributed by atoms with Gasteiger partial charge in [-0.05, 0) is 36.2 Å². The van der Waals surface area contributed by atoms with Gasteiger partial charge in [-0.2, -0.15) is 13.2 Å². The molecule has 2 rings (SSSR count). The van der Waals surface area contributed by atoms with E-state index in [4.69, 9.17) is 0 Å². The van der Waals surface area contributed by atoms with Gasteiger partial charge in [0.05, 0.1) is 5.56 Å². The minimum atomic E-state index is -4.50. The molecule has 1 aromatic carbocycles. The van der Waals surface area contributed by atoms with Gasteiger partial charge in [0.15, 0.2) is 0 Å². The first-order chi connectivity index (χ1) is 12.2. The van der Waals surface area contributed by atoms with E-state index in [0.29, 0.717) is 6.54 Å². The number of anilines is 1. The number of benzene rings is 1. The molecule has 0 bridgehead atoms. The van der Waals surface area contributed by atoms with Crippen molar-refractivity contribution >= 4 is 17.5 Å². The number of aromatic nitrogens is 1. The molecule has 0 spiro atoms. The molecule has 0 aliphatic heterocycles. The monoisotopic (exact) mass is 365 g/mol. The minimum absolute atomic E-state index is 0.00689. The van der Waals surface area contributed by atoms with Crippen LogP contribution in [-0.4, -0.2) is 23.3 Å². The molecule has 0 fully saturated rings. The average molecular weight is 365 g/mol. The summed E-state index contributed by atoms with van der Waals surface area (Å²) in [4.78, 5) is 28.2. The fourth-order valence-corrected chi connectivity index (χ4v) is 2.06. The maximum absolute atomic E-state index is 12.7. The smallest absolute Gasteiger partial charge is 0.350 e. The first kappa shape index (κ1) is 19.4. The normalized spacial score (nSPS) is 11.3. The number of amides is 2. The quantitative estimate of drug-likeness (QED) is 0.848. The zero-order valence-electron chi connectivity index (χ0n) is 14.2. The molecule has 1 aromatic heterocycles. The van der Waals surface area contributed by atoms with E-state index in [2.05, 4.69) is 15.6 Å². The Morgan fingerprint density at radius 3 is 2.50 bits per heavy atom. The van der Waals surface area contributed by atoms with Crippen molar-refractivity contribution in [2.45, 2.75) is 20.0 Å². The lowest BCUT2D eigenvalue weighted by Crippen LogP contribution is -2.28. The van der Waals surface area contributed by atoms with Gasteiger partial charge in [-0.25, -0.2) is 0 Å². The van der Waals surface area contributed by atoms with Crippen LogP contribution in [0.5, 0.6) is 0 Å². The highest BCUT2D eigenvalue weighted by Crippen LogP contribution is 2.30. The number of hydrogen-bond donors (Lipinski definition) is 2. The standard InChI is InChI=1S/C18H18F3N3O2/c1-11(2)10-23-17(26)15-8-12(6-7-22-15)16(25)24-14-5-3-4-13(9-14)18(19,20)21/h3-9,11H,10H2,1-2H3,(H,23,26)(H,24,25). The van der Waals surface area contributed by atoms with E-state index in [-0.39, 0.29) is 22.9 Å². The zero-order chi connectivity index (χ0) is 19.3. The van der Waals surface area contributed by atoms with Crippen LogP contribution >= 0.6 is 0 Å². The number of nitrogens with one attached hydrogen (secondary N) is 2. The molecule has 26 heavy (non-hydrogen) atoms. The van der Waals surface area contributed by atoms with Gasteiger partial charge >= 0.3 is 6.18 Å². The minimum Gasteiger partial charge on any atom is -0.350 e. The van der Waals surface area contributed by atoms with Crippen LogP contribution in [0.1, 0.15) is 40.3 Å². The summed E-state index contributed by atoms with van der Waals surface area (Å²) in [6.45, 7) is 4.33. The zero-order valence-corrected chi connectivity index (χ0v) is 14.2. The summed E-state index contributed by atoms with van der Waals surface area (Å²) in [5.74, 6) is -0.802. The Labute approximate surface area is 148 Å². The number of alkyl halides is 3. The third-order valence-corrected chi connectivity index (χ3v) is 3.37. The van der Waals surface area contributed by atoms with Crippen LogP contribution in [0.3, 0.4) is 0 Å². The first-order valence-corrected chi connectivity index (χ1v) is 7.89. The summed E-state index contributed by atoms with van der Waals surface area (Å²) < 4.78 is 38.2. The molecule has 138 valence electrons. The van der Waals surface area contributed by atoms with E-state index in [0.717, 1.165) is 12.1 Å². The molecule has 1 heterocycles. The van der Waals surface area contributed by atoms with Gasteiger partial charge in [0.25, 0.3) is 11.8 Å². The van der Waals surface area contributed by atoms with E-state index in [1.54, 1.807) is 0 Å². The fraction of sp³-hybridized carbons (Fsp3) is 0.278. The molecule has 0 aliphatic rings. The molecule has 2 amide bonds. The molecule has 5 nitrogen and oxygen atoms in total. The van der Waals surface area contributed by atoms with Crippen molar-refractivity contribution in [1.82, 2.24) is 10.3 Å². The Morgan fingerprint density at radius 2 is 1.85 bits per heavy atom. The van der Waals surface area contributed by atoms with E-state index in [1.165, 1.54) is 30.5 Å². The molecule has 0 saturated heterocycles. The maximum atomic E-state index is 12.7. The Kier molecular flexibility index (Phi) is 5.97. The highest BCUT2D eigenvalue weighted by molar-refractivity contribution is 6.05. The SMILES string of the molecule is CC(C)CNC(=O)c1cc(C(=O)Nc2cccc(C(F)(F)F)c2)ccn1. The van der Waals surface area contributed by atoms with Crippen molar-refractivity contribution in [3.63, 3.8) is 0 Å². The number of rotatable bonds is 5. The molecule has 8 heteroatoms. The van der Waals surface area contributed by atoms with E-state index in [9.17, 15) is 22.8 Å². The van der Waals surface area contributed by atoms with Gasteiger partial charge in [-0.3, -0.25) is 14.6 Å². The third-order valence-electron chi connectivity index (χ3n) is 3.37. The first-order valence-electron chi connectivity index (χ1n) is 7.89. The highest BCUT2D eigenvalue weighted by atomic mass is 19.4. The largest absolute Gasteiger partial charge is 0.416 e. The summed E-state index contributed by atoms with van der Waals surface area (Å²) >= 11 is 0. The molecular formula is C18H18F3N3O2. The van der Waals surface area contributed by atoms with Crippen molar-refractivity contribution < 1.29 is 22.8 Å².